The number of carbonyl (C=O) groups excluding carboxylic acids is 1. The molecule has 0 N–H and O–H groups in total. The van der Waals surface area contributed by atoms with E-state index in [1.54, 1.807) is 29.2 Å². The summed E-state index contributed by atoms with van der Waals surface area (Å²) in [5.41, 5.74) is 0.510. The van der Waals surface area contributed by atoms with E-state index >= 15 is 0 Å². The molecule has 1 aliphatic heterocycles. The number of benzene rings is 2. The smallest absolute Gasteiger partial charge is 0.352 e. The zero-order valence-electron chi connectivity index (χ0n) is 16.6. The number of aromatic nitrogens is 2. The van der Waals surface area contributed by atoms with Crippen molar-refractivity contribution in [1.82, 2.24) is 15.1 Å². The molecule has 0 bridgehead atoms. The molecular weight excluding hydrogens is 464 g/mol. The van der Waals surface area contributed by atoms with Gasteiger partial charge in [-0.05, 0) is 48.5 Å². The van der Waals surface area contributed by atoms with E-state index in [1.165, 1.54) is 12.1 Å². The summed E-state index contributed by atoms with van der Waals surface area (Å²) in [7, 11) is 0. The van der Waals surface area contributed by atoms with Crippen LogP contribution in [0.4, 0.5) is 19.0 Å². The Bertz CT molecular complexity index is 1130. The number of anilines is 1. The zero-order chi connectivity index (χ0) is 22.9. The van der Waals surface area contributed by atoms with Crippen molar-refractivity contribution in [1.29, 1.82) is 0 Å². The maximum absolute atomic E-state index is 12.9. The Morgan fingerprint density at radius 1 is 0.906 bits per heavy atom. The number of hydrogen-bond donors (Lipinski definition) is 0. The van der Waals surface area contributed by atoms with Gasteiger partial charge in [0.1, 0.15) is 0 Å². The molecule has 2 aromatic carbocycles. The lowest BCUT2D eigenvalue weighted by Gasteiger charge is -2.35. The second-order valence-electron chi connectivity index (χ2n) is 7.26. The number of rotatable bonds is 3. The van der Waals surface area contributed by atoms with Crippen LogP contribution in [-0.2, 0) is 6.18 Å². The average molecular weight is 481 g/mol. The lowest BCUT2D eigenvalue weighted by Crippen LogP contribution is -2.49. The van der Waals surface area contributed by atoms with Crippen molar-refractivity contribution >= 4 is 34.9 Å². The summed E-state index contributed by atoms with van der Waals surface area (Å²) in [6.07, 6.45) is -4.49. The van der Waals surface area contributed by atoms with Crippen LogP contribution < -0.4 is 4.90 Å². The summed E-state index contributed by atoms with van der Waals surface area (Å²) in [5, 5.41) is 9.51. The minimum absolute atomic E-state index is 0.0252. The summed E-state index contributed by atoms with van der Waals surface area (Å²) < 4.78 is 38.8. The van der Waals surface area contributed by atoms with Crippen LogP contribution in [0.1, 0.15) is 15.9 Å². The number of halogens is 5. The Labute approximate surface area is 192 Å². The molecule has 5 nitrogen and oxygen atoms in total. The zero-order valence-corrected chi connectivity index (χ0v) is 18.1. The number of alkyl halides is 3. The fraction of sp³-hybridized carbons (Fsp3) is 0.227. The van der Waals surface area contributed by atoms with Crippen molar-refractivity contribution in [3.63, 3.8) is 0 Å². The lowest BCUT2D eigenvalue weighted by atomic mass is 10.1. The molecule has 0 aliphatic carbocycles. The van der Waals surface area contributed by atoms with Crippen molar-refractivity contribution < 1.29 is 18.0 Å². The van der Waals surface area contributed by atoms with Crippen LogP contribution in [0.5, 0.6) is 0 Å². The highest BCUT2D eigenvalue weighted by atomic mass is 35.5. The monoisotopic (exact) mass is 480 g/mol. The standard InChI is InChI=1S/C22H17Cl2F3N4O/c23-16-4-5-17(18(24)13-16)19-6-7-20(29-28-19)30-8-10-31(11-9-30)21(32)14-2-1-3-15(12-14)22(25,26)27/h1-7,12-13H,8-11H2. The second-order valence-corrected chi connectivity index (χ2v) is 8.10. The molecule has 10 heteroatoms. The predicted molar refractivity (Wildman–Crippen MR) is 117 cm³/mol. The van der Waals surface area contributed by atoms with Crippen molar-refractivity contribution in [3.8, 4) is 11.3 Å². The molecule has 1 saturated heterocycles. The minimum atomic E-state index is -4.49. The fourth-order valence-corrected chi connectivity index (χ4v) is 3.99. The molecule has 4 rings (SSSR count). The maximum atomic E-state index is 12.9. The first-order valence-electron chi connectivity index (χ1n) is 9.73. The topological polar surface area (TPSA) is 49.3 Å². The van der Waals surface area contributed by atoms with Crippen LogP contribution in [-0.4, -0.2) is 47.2 Å². The van der Waals surface area contributed by atoms with Crippen molar-refractivity contribution in [2.45, 2.75) is 6.18 Å². The molecule has 3 aromatic rings. The van der Waals surface area contributed by atoms with Gasteiger partial charge in [0.15, 0.2) is 5.82 Å². The molecule has 1 aromatic heterocycles. The Morgan fingerprint density at radius 3 is 2.28 bits per heavy atom. The number of hydrogen-bond acceptors (Lipinski definition) is 4. The normalized spacial score (nSPS) is 14.5. The molecule has 0 spiro atoms. The Morgan fingerprint density at radius 2 is 1.66 bits per heavy atom. The van der Waals surface area contributed by atoms with Crippen LogP contribution in [0.2, 0.25) is 10.0 Å². The number of nitrogens with zero attached hydrogens (tertiary/aromatic N) is 4. The van der Waals surface area contributed by atoms with E-state index in [1.807, 2.05) is 11.0 Å². The van der Waals surface area contributed by atoms with Crippen LogP contribution in [0.25, 0.3) is 11.3 Å². The molecule has 0 radical (unpaired) electrons. The third kappa shape index (κ3) is 4.81. The fourth-order valence-electron chi connectivity index (χ4n) is 3.48. The first kappa shape index (κ1) is 22.4. The van der Waals surface area contributed by atoms with Gasteiger partial charge < -0.3 is 9.80 Å². The summed E-state index contributed by atoms with van der Waals surface area (Å²) in [4.78, 5) is 16.2. The molecule has 1 aliphatic rings. The van der Waals surface area contributed by atoms with Crippen molar-refractivity contribution in [2.75, 3.05) is 31.1 Å². The summed E-state index contributed by atoms with van der Waals surface area (Å²) in [6, 6.07) is 13.2. The van der Waals surface area contributed by atoms with Gasteiger partial charge in [-0.15, -0.1) is 10.2 Å². The molecule has 1 amide bonds. The lowest BCUT2D eigenvalue weighted by molar-refractivity contribution is -0.137. The van der Waals surface area contributed by atoms with Crippen LogP contribution in [0.15, 0.2) is 54.6 Å². The molecule has 0 atom stereocenters. The highest BCUT2D eigenvalue weighted by Gasteiger charge is 2.31. The van der Waals surface area contributed by atoms with Crippen molar-refractivity contribution in [2.24, 2.45) is 0 Å². The molecule has 2 heterocycles. The maximum Gasteiger partial charge on any atom is 0.416 e. The number of carbonyl (C=O) groups is 1. The third-order valence-corrected chi connectivity index (χ3v) is 5.73. The van der Waals surface area contributed by atoms with Gasteiger partial charge in [-0.2, -0.15) is 13.2 Å². The number of amides is 1. The highest BCUT2D eigenvalue weighted by molar-refractivity contribution is 6.36. The molecule has 0 unspecified atom stereocenters. The van der Waals surface area contributed by atoms with Crippen LogP contribution >= 0.6 is 23.2 Å². The van der Waals surface area contributed by atoms with E-state index in [0.717, 1.165) is 12.1 Å². The highest BCUT2D eigenvalue weighted by Crippen LogP contribution is 2.31. The van der Waals surface area contributed by atoms with E-state index in [4.69, 9.17) is 23.2 Å². The van der Waals surface area contributed by atoms with Gasteiger partial charge in [-0.25, -0.2) is 0 Å². The van der Waals surface area contributed by atoms with Gasteiger partial charge >= 0.3 is 6.18 Å². The van der Waals surface area contributed by atoms with Gasteiger partial charge in [-0.3, -0.25) is 4.79 Å². The van der Waals surface area contributed by atoms with E-state index in [-0.39, 0.29) is 5.56 Å². The van der Waals surface area contributed by atoms with E-state index in [0.29, 0.717) is 53.3 Å². The summed E-state index contributed by atoms with van der Waals surface area (Å²) >= 11 is 12.1. The summed E-state index contributed by atoms with van der Waals surface area (Å²) in [5.74, 6) is 0.222. The Kier molecular flexibility index (Phi) is 6.26. The Hall–Kier alpha value is -2.84. The molecule has 1 fully saturated rings. The van der Waals surface area contributed by atoms with Gasteiger partial charge in [0.05, 0.1) is 16.3 Å². The molecular formula is C22H17Cl2F3N4O. The van der Waals surface area contributed by atoms with Crippen molar-refractivity contribution in [3.05, 3.63) is 75.8 Å². The van der Waals surface area contributed by atoms with Gasteiger partial charge in [0.2, 0.25) is 0 Å². The predicted octanol–water partition coefficient (Wildman–Crippen LogP) is 5.43. The van der Waals surface area contributed by atoms with E-state index < -0.39 is 17.6 Å². The van der Waals surface area contributed by atoms with Gasteiger partial charge in [0.25, 0.3) is 5.91 Å². The second kappa shape index (κ2) is 8.96. The molecule has 0 saturated carbocycles. The largest absolute Gasteiger partial charge is 0.416 e. The minimum Gasteiger partial charge on any atom is -0.352 e. The molecule has 166 valence electrons. The van der Waals surface area contributed by atoms with E-state index in [2.05, 4.69) is 10.2 Å². The first-order valence-corrected chi connectivity index (χ1v) is 10.5. The molecule has 32 heavy (non-hydrogen) atoms. The van der Waals surface area contributed by atoms with Crippen LogP contribution in [0, 0.1) is 0 Å². The van der Waals surface area contributed by atoms with Gasteiger partial charge in [0, 0.05) is 42.3 Å². The SMILES string of the molecule is O=C(c1cccc(C(F)(F)F)c1)N1CCN(c2ccc(-c3ccc(Cl)cc3Cl)nn2)CC1. The quantitative estimate of drug-likeness (QED) is 0.501. The third-order valence-electron chi connectivity index (χ3n) is 5.19. The van der Waals surface area contributed by atoms with E-state index in [9.17, 15) is 18.0 Å². The summed E-state index contributed by atoms with van der Waals surface area (Å²) in [6.45, 7) is 1.70. The van der Waals surface area contributed by atoms with Crippen LogP contribution in [0.3, 0.4) is 0 Å². The Balaban J connectivity index is 1.41. The first-order chi connectivity index (χ1) is 15.2. The average Bonchev–Trinajstić information content (AvgIpc) is 2.78. The number of piperazine rings is 1. The van der Waals surface area contributed by atoms with Gasteiger partial charge in [-0.1, -0.05) is 29.3 Å².